The quantitative estimate of drug-likeness (QED) is 0.836. The molecule has 1 aliphatic heterocycles. The summed E-state index contributed by atoms with van der Waals surface area (Å²) >= 11 is 0. The van der Waals surface area contributed by atoms with Gasteiger partial charge in [0.15, 0.2) is 0 Å². The summed E-state index contributed by atoms with van der Waals surface area (Å²) in [4.78, 5) is 11.7. The monoisotopic (exact) mass is 290 g/mol. The molecule has 0 unspecified atom stereocenters. The Kier molecular flexibility index (Phi) is 4.27. The summed E-state index contributed by atoms with van der Waals surface area (Å²) in [7, 11) is 0. The van der Waals surface area contributed by atoms with E-state index in [0.29, 0.717) is 5.56 Å². The molecule has 0 spiro atoms. The van der Waals surface area contributed by atoms with Crippen molar-refractivity contribution in [2.24, 2.45) is 0 Å². The maximum absolute atomic E-state index is 12.9. The van der Waals surface area contributed by atoms with Gasteiger partial charge in [0, 0.05) is 19.5 Å². The summed E-state index contributed by atoms with van der Waals surface area (Å²) < 4.78 is 50.0. The van der Waals surface area contributed by atoms with Gasteiger partial charge in [-0.25, -0.2) is 4.39 Å². The fourth-order valence-corrected chi connectivity index (χ4v) is 2.02. The Balaban J connectivity index is 1.86. The molecule has 110 valence electrons. The van der Waals surface area contributed by atoms with E-state index in [-0.39, 0.29) is 25.4 Å². The Morgan fingerprint density at radius 2 is 1.95 bits per heavy atom. The van der Waals surface area contributed by atoms with Gasteiger partial charge in [0.1, 0.15) is 6.17 Å². The summed E-state index contributed by atoms with van der Waals surface area (Å²) in [5.74, 6) is -0.343. The molecular formula is C13H14F4N2O. The van der Waals surface area contributed by atoms with Gasteiger partial charge in [-0.05, 0) is 17.7 Å². The van der Waals surface area contributed by atoms with Crippen molar-refractivity contribution in [1.29, 1.82) is 0 Å². The number of halogens is 4. The maximum atomic E-state index is 12.9. The smallest absolute Gasteiger partial charge is 0.351 e. The molecule has 0 aromatic heterocycles. The largest absolute Gasteiger partial charge is 0.416 e. The Labute approximate surface area is 113 Å². The van der Waals surface area contributed by atoms with E-state index in [0.717, 1.165) is 12.1 Å². The van der Waals surface area contributed by atoms with Crippen LogP contribution in [0.5, 0.6) is 0 Å². The lowest BCUT2D eigenvalue weighted by Crippen LogP contribution is -2.40. The zero-order valence-electron chi connectivity index (χ0n) is 10.5. The number of carbonyl (C=O) groups is 1. The van der Waals surface area contributed by atoms with Crippen molar-refractivity contribution in [2.75, 3.05) is 6.54 Å². The van der Waals surface area contributed by atoms with Gasteiger partial charge >= 0.3 is 6.18 Å². The number of benzene rings is 1. The molecule has 2 atom stereocenters. The summed E-state index contributed by atoms with van der Waals surface area (Å²) in [6, 6.07) is 3.98. The molecule has 0 aliphatic carbocycles. The highest BCUT2D eigenvalue weighted by Crippen LogP contribution is 2.29. The van der Waals surface area contributed by atoms with Gasteiger partial charge in [-0.1, -0.05) is 12.1 Å². The van der Waals surface area contributed by atoms with E-state index >= 15 is 0 Å². The third-order valence-corrected chi connectivity index (χ3v) is 3.14. The number of hydrogen-bond donors (Lipinski definition) is 2. The van der Waals surface area contributed by atoms with Crippen LogP contribution in [0.15, 0.2) is 24.3 Å². The van der Waals surface area contributed by atoms with Gasteiger partial charge in [-0.2, -0.15) is 13.2 Å². The van der Waals surface area contributed by atoms with Crippen LogP contribution < -0.4 is 10.6 Å². The predicted molar refractivity (Wildman–Crippen MR) is 64.6 cm³/mol. The second kappa shape index (κ2) is 5.78. The second-order valence-electron chi connectivity index (χ2n) is 4.71. The van der Waals surface area contributed by atoms with E-state index in [9.17, 15) is 22.4 Å². The van der Waals surface area contributed by atoms with E-state index in [1.165, 1.54) is 12.1 Å². The minimum absolute atomic E-state index is 0.117. The van der Waals surface area contributed by atoms with Crippen LogP contribution in [0.4, 0.5) is 17.6 Å². The van der Waals surface area contributed by atoms with Crippen molar-refractivity contribution in [2.45, 2.75) is 31.4 Å². The van der Waals surface area contributed by atoms with Gasteiger partial charge in [0.2, 0.25) is 5.91 Å². The Hall–Kier alpha value is -1.63. The van der Waals surface area contributed by atoms with Gasteiger partial charge in [-0.3, -0.25) is 4.79 Å². The summed E-state index contributed by atoms with van der Waals surface area (Å²) in [6.07, 6.45) is -5.28. The minimum Gasteiger partial charge on any atom is -0.351 e. The number of amides is 1. The average Bonchev–Trinajstić information content (AvgIpc) is 2.82. The van der Waals surface area contributed by atoms with E-state index in [4.69, 9.17) is 0 Å². The van der Waals surface area contributed by atoms with Crippen LogP contribution in [0.2, 0.25) is 0 Å². The minimum atomic E-state index is -4.37. The molecule has 1 saturated heterocycles. The first kappa shape index (κ1) is 14.8. The molecule has 3 nitrogen and oxygen atoms in total. The average molecular weight is 290 g/mol. The van der Waals surface area contributed by atoms with Crippen LogP contribution in [0.3, 0.4) is 0 Å². The number of hydrogen-bond acceptors (Lipinski definition) is 2. The van der Waals surface area contributed by atoms with Crippen molar-refractivity contribution in [3.8, 4) is 0 Å². The Morgan fingerprint density at radius 3 is 2.45 bits per heavy atom. The second-order valence-corrected chi connectivity index (χ2v) is 4.71. The molecule has 2 N–H and O–H groups in total. The Bertz CT molecular complexity index is 472. The summed E-state index contributed by atoms with van der Waals surface area (Å²) in [6.45, 7) is 0.268. The lowest BCUT2D eigenvalue weighted by molar-refractivity contribution is -0.137. The fourth-order valence-electron chi connectivity index (χ4n) is 2.02. The van der Waals surface area contributed by atoms with Crippen molar-refractivity contribution in [3.05, 3.63) is 35.4 Å². The number of rotatable bonds is 3. The molecule has 1 aliphatic rings. The first-order valence-electron chi connectivity index (χ1n) is 6.17. The highest BCUT2D eigenvalue weighted by molar-refractivity contribution is 5.82. The van der Waals surface area contributed by atoms with Gasteiger partial charge in [0.25, 0.3) is 0 Å². The molecule has 20 heavy (non-hydrogen) atoms. The molecule has 0 radical (unpaired) electrons. The molecule has 2 rings (SSSR count). The number of carbonyl (C=O) groups excluding carboxylic acids is 1. The zero-order valence-corrected chi connectivity index (χ0v) is 10.5. The van der Waals surface area contributed by atoms with Crippen molar-refractivity contribution >= 4 is 5.91 Å². The van der Waals surface area contributed by atoms with Crippen molar-refractivity contribution < 1.29 is 22.4 Å². The van der Waals surface area contributed by atoms with Crippen LogP contribution in [-0.2, 0) is 17.5 Å². The van der Waals surface area contributed by atoms with Crippen molar-refractivity contribution in [1.82, 2.24) is 10.6 Å². The number of nitrogens with one attached hydrogen (secondary N) is 2. The topological polar surface area (TPSA) is 41.1 Å². The van der Waals surface area contributed by atoms with Crippen LogP contribution in [0, 0.1) is 0 Å². The highest BCUT2D eigenvalue weighted by atomic mass is 19.4. The van der Waals surface area contributed by atoms with Crippen LogP contribution in [-0.4, -0.2) is 24.7 Å². The van der Waals surface area contributed by atoms with Gasteiger partial charge in [0.05, 0.1) is 11.6 Å². The lowest BCUT2D eigenvalue weighted by Gasteiger charge is -2.11. The molecule has 0 bridgehead atoms. The SMILES string of the molecule is O=C(NCc1ccc(C(F)(F)F)cc1)[C@H]1C[C@H](F)CN1. The third-order valence-electron chi connectivity index (χ3n) is 3.14. The normalized spacial score (nSPS) is 22.8. The van der Waals surface area contributed by atoms with E-state index < -0.39 is 24.0 Å². The molecule has 1 aromatic rings. The number of alkyl halides is 4. The van der Waals surface area contributed by atoms with E-state index in [1.54, 1.807) is 0 Å². The fraction of sp³-hybridized carbons (Fsp3) is 0.462. The van der Waals surface area contributed by atoms with E-state index in [2.05, 4.69) is 10.6 Å². The maximum Gasteiger partial charge on any atom is 0.416 e. The summed E-state index contributed by atoms with van der Waals surface area (Å²) in [5, 5.41) is 5.31. The molecule has 7 heteroatoms. The summed E-state index contributed by atoms with van der Waals surface area (Å²) in [5.41, 5.74) is -0.175. The standard InChI is InChI=1S/C13H14F4N2O/c14-10-5-11(18-7-10)12(20)19-6-8-1-3-9(4-2-8)13(15,16)17/h1-4,10-11,18H,5-7H2,(H,19,20)/t10-,11+/m0/s1. The Morgan fingerprint density at radius 1 is 1.30 bits per heavy atom. The van der Waals surface area contributed by atoms with Crippen LogP contribution >= 0.6 is 0 Å². The van der Waals surface area contributed by atoms with E-state index in [1.807, 2.05) is 0 Å². The third kappa shape index (κ3) is 3.69. The lowest BCUT2D eigenvalue weighted by atomic mass is 10.1. The molecule has 0 saturated carbocycles. The van der Waals surface area contributed by atoms with Crippen molar-refractivity contribution in [3.63, 3.8) is 0 Å². The molecule has 1 amide bonds. The van der Waals surface area contributed by atoms with Crippen LogP contribution in [0.1, 0.15) is 17.5 Å². The first-order valence-corrected chi connectivity index (χ1v) is 6.17. The highest BCUT2D eigenvalue weighted by Gasteiger charge is 2.30. The predicted octanol–water partition coefficient (Wildman–Crippen LogP) is 2.02. The molecule has 1 fully saturated rings. The molecule has 1 aromatic carbocycles. The van der Waals surface area contributed by atoms with Crippen LogP contribution in [0.25, 0.3) is 0 Å². The zero-order chi connectivity index (χ0) is 14.8. The van der Waals surface area contributed by atoms with Gasteiger partial charge < -0.3 is 10.6 Å². The molecule has 1 heterocycles. The molecular weight excluding hydrogens is 276 g/mol. The van der Waals surface area contributed by atoms with Gasteiger partial charge in [-0.15, -0.1) is 0 Å². The first-order chi connectivity index (χ1) is 9.36.